The summed E-state index contributed by atoms with van der Waals surface area (Å²) >= 11 is 0. The van der Waals surface area contributed by atoms with Crippen molar-refractivity contribution in [2.45, 2.75) is 39.8 Å². The van der Waals surface area contributed by atoms with Crippen LogP contribution in [0.4, 0.5) is 0 Å². The Morgan fingerprint density at radius 2 is 2.06 bits per heavy atom. The first kappa shape index (κ1) is 13.1. The van der Waals surface area contributed by atoms with Crippen LogP contribution in [-0.2, 0) is 13.0 Å². The molecule has 1 aliphatic rings. The van der Waals surface area contributed by atoms with Crippen molar-refractivity contribution in [3.05, 3.63) is 34.9 Å². The van der Waals surface area contributed by atoms with Crippen molar-refractivity contribution >= 4 is 5.91 Å². The monoisotopic (exact) mass is 246 g/mol. The second kappa shape index (κ2) is 5.53. The van der Waals surface area contributed by atoms with E-state index >= 15 is 0 Å². The lowest BCUT2D eigenvalue weighted by molar-refractivity contribution is 0.0930. The maximum atomic E-state index is 12.1. The molecule has 1 atom stereocenters. The molecule has 1 heterocycles. The molecule has 2 N–H and O–H groups in total. The van der Waals surface area contributed by atoms with Crippen LogP contribution in [0.15, 0.2) is 18.2 Å². The van der Waals surface area contributed by atoms with Gasteiger partial charge in [0, 0.05) is 18.2 Å². The van der Waals surface area contributed by atoms with Crippen LogP contribution in [0.25, 0.3) is 0 Å². The number of fused-ring (bicyclic) bond motifs is 1. The molecule has 18 heavy (non-hydrogen) atoms. The van der Waals surface area contributed by atoms with Crippen molar-refractivity contribution in [3.63, 3.8) is 0 Å². The highest BCUT2D eigenvalue weighted by Gasteiger charge is 2.15. The van der Waals surface area contributed by atoms with E-state index in [2.05, 4.69) is 30.5 Å². The van der Waals surface area contributed by atoms with Gasteiger partial charge in [0.1, 0.15) is 0 Å². The molecule has 2 rings (SSSR count). The van der Waals surface area contributed by atoms with Gasteiger partial charge in [0.05, 0.1) is 0 Å². The highest BCUT2D eigenvalue weighted by Crippen LogP contribution is 2.16. The van der Waals surface area contributed by atoms with Gasteiger partial charge in [0.2, 0.25) is 0 Å². The summed E-state index contributed by atoms with van der Waals surface area (Å²) in [4.78, 5) is 12.1. The zero-order valence-corrected chi connectivity index (χ0v) is 11.4. The Hall–Kier alpha value is -1.35. The normalized spacial score (nSPS) is 16.2. The van der Waals surface area contributed by atoms with Crippen molar-refractivity contribution in [3.8, 4) is 0 Å². The zero-order chi connectivity index (χ0) is 13.1. The van der Waals surface area contributed by atoms with Crippen molar-refractivity contribution in [2.75, 3.05) is 6.54 Å². The van der Waals surface area contributed by atoms with Gasteiger partial charge in [-0.05, 0) is 49.1 Å². The molecule has 98 valence electrons. The van der Waals surface area contributed by atoms with Crippen molar-refractivity contribution in [1.29, 1.82) is 0 Å². The van der Waals surface area contributed by atoms with E-state index in [1.54, 1.807) is 0 Å². The molecule has 3 heteroatoms. The molecule has 1 amide bonds. The van der Waals surface area contributed by atoms with Crippen LogP contribution >= 0.6 is 0 Å². The van der Waals surface area contributed by atoms with Gasteiger partial charge in [-0.2, -0.15) is 0 Å². The van der Waals surface area contributed by atoms with Gasteiger partial charge in [-0.1, -0.05) is 19.9 Å². The number of rotatable bonds is 3. The molecular weight excluding hydrogens is 224 g/mol. The van der Waals surface area contributed by atoms with Gasteiger partial charge in [0.25, 0.3) is 5.91 Å². The summed E-state index contributed by atoms with van der Waals surface area (Å²) in [6.07, 6.45) is 1.06. The van der Waals surface area contributed by atoms with E-state index in [1.807, 2.05) is 19.1 Å². The molecule has 1 unspecified atom stereocenters. The van der Waals surface area contributed by atoms with E-state index in [0.717, 1.165) is 25.1 Å². The lowest BCUT2D eigenvalue weighted by Crippen LogP contribution is -2.36. The van der Waals surface area contributed by atoms with Gasteiger partial charge in [-0.15, -0.1) is 0 Å². The average Bonchev–Trinajstić information content (AvgIpc) is 2.37. The van der Waals surface area contributed by atoms with Crippen LogP contribution in [0.3, 0.4) is 0 Å². The Kier molecular flexibility index (Phi) is 4.02. The second-order valence-corrected chi connectivity index (χ2v) is 5.42. The second-order valence-electron chi connectivity index (χ2n) is 5.42. The number of amides is 1. The molecule has 1 aromatic carbocycles. The van der Waals surface area contributed by atoms with E-state index in [0.29, 0.717) is 5.92 Å². The van der Waals surface area contributed by atoms with E-state index in [4.69, 9.17) is 0 Å². The van der Waals surface area contributed by atoms with Crippen molar-refractivity contribution in [1.82, 2.24) is 10.6 Å². The molecule has 0 saturated carbocycles. The molecular formula is C15H22N2O. The Balaban J connectivity index is 2.11. The largest absolute Gasteiger partial charge is 0.349 e. The van der Waals surface area contributed by atoms with Crippen LogP contribution in [0, 0.1) is 5.92 Å². The Bertz CT molecular complexity index is 440. The first-order chi connectivity index (χ1) is 8.58. The van der Waals surface area contributed by atoms with Gasteiger partial charge in [0.15, 0.2) is 0 Å². The fourth-order valence-electron chi connectivity index (χ4n) is 2.08. The Morgan fingerprint density at radius 1 is 1.28 bits per heavy atom. The van der Waals surface area contributed by atoms with E-state index in [9.17, 15) is 4.79 Å². The molecule has 0 radical (unpaired) electrons. The molecule has 0 aromatic heterocycles. The smallest absolute Gasteiger partial charge is 0.251 e. The Labute approximate surface area is 109 Å². The topological polar surface area (TPSA) is 41.1 Å². The first-order valence-corrected chi connectivity index (χ1v) is 6.71. The molecule has 0 spiro atoms. The zero-order valence-electron chi connectivity index (χ0n) is 11.4. The minimum atomic E-state index is 0.0320. The van der Waals surface area contributed by atoms with E-state index < -0.39 is 0 Å². The summed E-state index contributed by atoms with van der Waals surface area (Å²) in [6, 6.07) is 6.24. The van der Waals surface area contributed by atoms with Crippen molar-refractivity contribution < 1.29 is 4.79 Å². The highest BCUT2D eigenvalue weighted by molar-refractivity contribution is 5.94. The first-order valence-electron chi connectivity index (χ1n) is 6.71. The number of carbonyl (C=O) groups excluding carboxylic acids is 1. The molecule has 0 fully saturated rings. The van der Waals surface area contributed by atoms with Gasteiger partial charge in [-0.3, -0.25) is 4.79 Å². The maximum Gasteiger partial charge on any atom is 0.251 e. The van der Waals surface area contributed by atoms with Crippen LogP contribution in [0.1, 0.15) is 42.3 Å². The SMILES string of the molecule is CC(C)C(C)NC(=O)c1ccc2c(c1)CNCC2. The predicted molar refractivity (Wildman–Crippen MR) is 73.6 cm³/mol. The minimum absolute atomic E-state index is 0.0320. The third-order valence-corrected chi connectivity index (χ3v) is 3.71. The quantitative estimate of drug-likeness (QED) is 0.857. The minimum Gasteiger partial charge on any atom is -0.349 e. The summed E-state index contributed by atoms with van der Waals surface area (Å²) in [5.74, 6) is 0.484. The van der Waals surface area contributed by atoms with Crippen molar-refractivity contribution in [2.24, 2.45) is 5.92 Å². The number of hydrogen-bond donors (Lipinski definition) is 2. The van der Waals surface area contributed by atoms with E-state index in [1.165, 1.54) is 11.1 Å². The van der Waals surface area contributed by atoms with Crippen LogP contribution in [0.5, 0.6) is 0 Å². The maximum absolute atomic E-state index is 12.1. The van der Waals surface area contributed by atoms with Crippen LogP contribution < -0.4 is 10.6 Å². The fourth-order valence-corrected chi connectivity index (χ4v) is 2.08. The number of nitrogens with one attached hydrogen (secondary N) is 2. The summed E-state index contributed by atoms with van der Waals surface area (Å²) in [5, 5.41) is 6.38. The van der Waals surface area contributed by atoms with Crippen LogP contribution in [0.2, 0.25) is 0 Å². The highest BCUT2D eigenvalue weighted by atomic mass is 16.1. The van der Waals surface area contributed by atoms with E-state index in [-0.39, 0.29) is 11.9 Å². The lowest BCUT2D eigenvalue weighted by atomic mass is 9.98. The molecule has 1 aromatic rings. The third kappa shape index (κ3) is 2.91. The molecule has 1 aliphatic heterocycles. The molecule has 0 aliphatic carbocycles. The number of hydrogen-bond acceptors (Lipinski definition) is 2. The number of carbonyl (C=O) groups is 1. The number of benzene rings is 1. The summed E-state index contributed by atoms with van der Waals surface area (Å²) in [7, 11) is 0. The third-order valence-electron chi connectivity index (χ3n) is 3.71. The van der Waals surface area contributed by atoms with Crippen LogP contribution in [-0.4, -0.2) is 18.5 Å². The lowest BCUT2D eigenvalue weighted by Gasteiger charge is -2.20. The van der Waals surface area contributed by atoms with Gasteiger partial charge >= 0.3 is 0 Å². The van der Waals surface area contributed by atoms with Gasteiger partial charge in [-0.25, -0.2) is 0 Å². The molecule has 3 nitrogen and oxygen atoms in total. The predicted octanol–water partition coefficient (Wildman–Crippen LogP) is 2.11. The Morgan fingerprint density at radius 3 is 2.78 bits per heavy atom. The van der Waals surface area contributed by atoms with Gasteiger partial charge < -0.3 is 10.6 Å². The molecule has 0 saturated heterocycles. The molecule has 0 bridgehead atoms. The summed E-state index contributed by atoms with van der Waals surface area (Å²) in [6.45, 7) is 8.17. The standard InChI is InChI=1S/C15H22N2O/c1-10(2)11(3)17-15(18)13-5-4-12-6-7-16-9-14(12)8-13/h4-5,8,10-11,16H,6-7,9H2,1-3H3,(H,17,18). The average molecular weight is 246 g/mol. The summed E-state index contributed by atoms with van der Waals surface area (Å²) < 4.78 is 0. The fraction of sp³-hybridized carbons (Fsp3) is 0.533. The summed E-state index contributed by atoms with van der Waals surface area (Å²) in [5.41, 5.74) is 3.39.